The molecule has 1 rings (SSSR count). The number of nitrogens with two attached hydrogens (primary N) is 1. The smallest absolute Gasteiger partial charge is 0.251 e. The van der Waals surface area contributed by atoms with Crippen LogP contribution in [0.1, 0.15) is 28.9 Å². The third-order valence-corrected chi connectivity index (χ3v) is 1.74. The molecule has 0 spiro atoms. The molecule has 0 radical (unpaired) electrons. The molecule has 1 amide bonds. The maximum absolute atomic E-state index is 12.9. The number of primary amides is 1. The van der Waals surface area contributed by atoms with Gasteiger partial charge in [-0.15, -0.1) is 0 Å². The Hall–Kier alpha value is -1.42. The van der Waals surface area contributed by atoms with Crippen molar-refractivity contribution in [2.24, 2.45) is 5.73 Å². The number of aliphatic hydroxyl groups is 1. The van der Waals surface area contributed by atoms with Crippen molar-refractivity contribution < 1.29 is 14.3 Å². The number of rotatable bonds is 2. The number of carbonyl (C=O) groups excluding carboxylic acids is 1. The summed E-state index contributed by atoms with van der Waals surface area (Å²) in [6, 6.07) is 3.77. The first kappa shape index (κ1) is 9.67. The highest BCUT2D eigenvalue weighted by Crippen LogP contribution is 2.16. The van der Waals surface area contributed by atoms with Crippen molar-refractivity contribution in [3.05, 3.63) is 35.1 Å². The summed E-state index contributed by atoms with van der Waals surface area (Å²) < 4.78 is 12.9. The molecule has 1 aromatic rings. The van der Waals surface area contributed by atoms with E-state index in [1.54, 1.807) is 0 Å². The van der Waals surface area contributed by atoms with E-state index in [0.29, 0.717) is 5.56 Å². The average Bonchev–Trinajstić information content (AvgIpc) is 2.04. The second-order valence-corrected chi connectivity index (χ2v) is 2.78. The highest BCUT2D eigenvalue weighted by Gasteiger charge is 2.10. The van der Waals surface area contributed by atoms with Crippen LogP contribution in [0, 0.1) is 5.82 Å². The number of amides is 1. The van der Waals surface area contributed by atoms with Crippen LogP contribution in [0.15, 0.2) is 18.2 Å². The highest BCUT2D eigenvalue weighted by atomic mass is 19.1. The monoisotopic (exact) mass is 183 g/mol. The summed E-state index contributed by atoms with van der Waals surface area (Å²) in [4.78, 5) is 10.7. The molecule has 1 aromatic carbocycles. The summed E-state index contributed by atoms with van der Waals surface area (Å²) in [5.74, 6) is -1.50. The van der Waals surface area contributed by atoms with Crippen LogP contribution >= 0.6 is 0 Å². The minimum absolute atomic E-state index is 0.196. The largest absolute Gasteiger partial charge is 0.389 e. The minimum Gasteiger partial charge on any atom is -0.389 e. The van der Waals surface area contributed by atoms with Gasteiger partial charge >= 0.3 is 0 Å². The Morgan fingerprint density at radius 1 is 1.62 bits per heavy atom. The molecule has 0 bridgehead atoms. The number of aliphatic hydroxyl groups excluding tert-OH is 1. The van der Waals surface area contributed by atoms with Crippen LogP contribution in [-0.4, -0.2) is 11.0 Å². The van der Waals surface area contributed by atoms with Gasteiger partial charge in [-0.05, 0) is 24.6 Å². The molecule has 4 heteroatoms. The van der Waals surface area contributed by atoms with Gasteiger partial charge in [0.05, 0.1) is 11.7 Å². The molecule has 0 aliphatic rings. The van der Waals surface area contributed by atoms with Crippen LogP contribution in [0.2, 0.25) is 0 Å². The van der Waals surface area contributed by atoms with E-state index in [4.69, 9.17) is 10.8 Å². The quantitative estimate of drug-likeness (QED) is 0.717. The molecule has 70 valence electrons. The zero-order valence-corrected chi connectivity index (χ0v) is 7.12. The van der Waals surface area contributed by atoms with Crippen molar-refractivity contribution >= 4 is 5.91 Å². The van der Waals surface area contributed by atoms with Crippen molar-refractivity contribution in [2.45, 2.75) is 13.0 Å². The molecule has 0 aromatic heterocycles. The minimum atomic E-state index is -0.833. The summed E-state index contributed by atoms with van der Waals surface area (Å²) in [6.45, 7) is 1.53. The lowest BCUT2D eigenvalue weighted by Gasteiger charge is -2.06. The Morgan fingerprint density at radius 3 is 2.69 bits per heavy atom. The Bertz CT molecular complexity index is 336. The number of hydrogen-bond acceptors (Lipinski definition) is 2. The summed E-state index contributed by atoms with van der Waals surface area (Å²) in [5.41, 5.74) is 5.19. The highest BCUT2D eigenvalue weighted by molar-refractivity contribution is 5.93. The number of carbonyl (C=O) groups is 1. The first-order chi connectivity index (χ1) is 6.02. The van der Waals surface area contributed by atoms with Gasteiger partial charge in [-0.2, -0.15) is 0 Å². The fraction of sp³-hybridized carbons (Fsp3) is 0.222. The SMILES string of the molecule is CC(O)c1ccc(F)c(C(N)=O)c1. The second kappa shape index (κ2) is 3.53. The van der Waals surface area contributed by atoms with Crippen molar-refractivity contribution in [3.8, 4) is 0 Å². The molecule has 1 unspecified atom stereocenters. The van der Waals surface area contributed by atoms with E-state index in [9.17, 15) is 9.18 Å². The fourth-order valence-corrected chi connectivity index (χ4v) is 0.992. The van der Waals surface area contributed by atoms with E-state index >= 15 is 0 Å². The lowest BCUT2D eigenvalue weighted by molar-refractivity contribution is 0.0996. The number of hydrogen-bond donors (Lipinski definition) is 2. The van der Waals surface area contributed by atoms with Crippen LogP contribution in [-0.2, 0) is 0 Å². The summed E-state index contributed by atoms with van der Waals surface area (Å²) >= 11 is 0. The molecule has 3 nitrogen and oxygen atoms in total. The van der Waals surface area contributed by atoms with Gasteiger partial charge in [0.2, 0.25) is 0 Å². The van der Waals surface area contributed by atoms with E-state index in [2.05, 4.69) is 0 Å². The molecule has 0 heterocycles. The van der Waals surface area contributed by atoms with Crippen molar-refractivity contribution in [2.75, 3.05) is 0 Å². The Kier molecular flexibility index (Phi) is 2.63. The molecule has 0 aliphatic heterocycles. The Morgan fingerprint density at radius 2 is 2.23 bits per heavy atom. The maximum Gasteiger partial charge on any atom is 0.251 e. The van der Waals surface area contributed by atoms with Crippen LogP contribution in [0.5, 0.6) is 0 Å². The van der Waals surface area contributed by atoms with E-state index in [1.807, 2.05) is 0 Å². The van der Waals surface area contributed by atoms with Crippen LogP contribution < -0.4 is 5.73 Å². The van der Waals surface area contributed by atoms with Gasteiger partial charge in [0.15, 0.2) is 0 Å². The van der Waals surface area contributed by atoms with Crippen molar-refractivity contribution in [1.82, 2.24) is 0 Å². The third kappa shape index (κ3) is 2.03. The molecule has 0 aliphatic carbocycles. The zero-order chi connectivity index (χ0) is 10.0. The zero-order valence-electron chi connectivity index (χ0n) is 7.12. The van der Waals surface area contributed by atoms with Gasteiger partial charge in [0, 0.05) is 0 Å². The van der Waals surface area contributed by atoms with Crippen molar-refractivity contribution in [1.29, 1.82) is 0 Å². The Labute approximate surface area is 75.0 Å². The van der Waals surface area contributed by atoms with Gasteiger partial charge in [-0.25, -0.2) is 4.39 Å². The molecule has 1 atom stereocenters. The molecular weight excluding hydrogens is 173 g/mol. The van der Waals surface area contributed by atoms with Gasteiger partial charge in [0.1, 0.15) is 5.82 Å². The molecular formula is C9H10FNO2. The van der Waals surface area contributed by atoms with Crippen LogP contribution in [0.25, 0.3) is 0 Å². The topological polar surface area (TPSA) is 63.3 Å². The van der Waals surface area contributed by atoms with Gasteiger partial charge in [-0.1, -0.05) is 6.07 Å². The summed E-state index contributed by atoms with van der Waals surface area (Å²) in [6.07, 6.45) is -0.737. The van der Waals surface area contributed by atoms with Gasteiger partial charge < -0.3 is 10.8 Å². The number of halogens is 1. The van der Waals surface area contributed by atoms with Gasteiger partial charge in [-0.3, -0.25) is 4.79 Å². The Balaban J connectivity index is 3.19. The van der Waals surface area contributed by atoms with Crippen LogP contribution in [0.3, 0.4) is 0 Å². The van der Waals surface area contributed by atoms with E-state index in [0.717, 1.165) is 6.07 Å². The summed E-state index contributed by atoms with van der Waals surface area (Å²) in [7, 11) is 0. The summed E-state index contributed by atoms with van der Waals surface area (Å²) in [5, 5.41) is 9.15. The van der Waals surface area contributed by atoms with Crippen LogP contribution in [0.4, 0.5) is 4.39 Å². The van der Waals surface area contributed by atoms with E-state index in [-0.39, 0.29) is 5.56 Å². The molecule has 0 saturated carbocycles. The molecule has 3 N–H and O–H groups in total. The maximum atomic E-state index is 12.9. The molecule has 0 saturated heterocycles. The molecule has 0 fully saturated rings. The fourth-order valence-electron chi connectivity index (χ4n) is 0.992. The van der Waals surface area contributed by atoms with Crippen molar-refractivity contribution in [3.63, 3.8) is 0 Å². The predicted octanol–water partition coefficient (Wildman–Crippen LogP) is 0.978. The first-order valence-corrected chi connectivity index (χ1v) is 3.79. The average molecular weight is 183 g/mol. The van der Waals surface area contributed by atoms with E-state index < -0.39 is 17.8 Å². The first-order valence-electron chi connectivity index (χ1n) is 3.79. The lowest BCUT2D eigenvalue weighted by Crippen LogP contribution is -2.13. The normalized spacial score (nSPS) is 12.5. The third-order valence-electron chi connectivity index (χ3n) is 1.74. The standard InChI is InChI=1S/C9H10FNO2/c1-5(12)6-2-3-8(10)7(4-6)9(11)13/h2-5,12H,1H3,(H2,11,13). The predicted molar refractivity (Wildman–Crippen MR) is 45.6 cm³/mol. The number of benzene rings is 1. The second-order valence-electron chi connectivity index (χ2n) is 2.78. The van der Waals surface area contributed by atoms with Gasteiger partial charge in [0.25, 0.3) is 5.91 Å². The van der Waals surface area contributed by atoms with E-state index in [1.165, 1.54) is 19.1 Å². The lowest BCUT2D eigenvalue weighted by atomic mass is 10.1. The molecule has 13 heavy (non-hydrogen) atoms.